The molecule has 3 fully saturated rings. The van der Waals surface area contributed by atoms with Crippen molar-refractivity contribution in [1.29, 1.82) is 0 Å². The maximum atomic E-state index is 13.3. The molecule has 2 aliphatic heterocycles. The average molecular weight is 733 g/mol. The fraction of sp³-hybridized carbons (Fsp3) is 0.455. The van der Waals surface area contributed by atoms with Crippen molar-refractivity contribution in [3.05, 3.63) is 74.5 Å². The van der Waals surface area contributed by atoms with Gasteiger partial charge in [-0.15, -0.1) is 11.8 Å². The third-order valence-corrected chi connectivity index (χ3v) is 10.9. The number of carbonyl (C=O) groups excluding carboxylic acids is 6. The number of hydrogen-bond acceptors (Lipinski definition) is 8. The molecule has 4 aliphatic rings. The summed E-state index contributed by atoms with van der Waals surface area (Å²) in [6, 6.07) is 7.76. The molecule has 10 heteroatoms. The molecule has 0 bridgehead atoms. The molecule has 2 aromatic carbocycles. The number of carbonyl (C=O) groups is 6. The van der Waals surface area contributed by atoms with Gasteiger partial charge in [0.25, 0.3) is 0 Å². The molecule has 282 valence electrons. The first kappa shape index (κ1) is 39.7. The smallest absolute Gasteiger partial charge is 0.437 e. The standard InChI is InChI=1S/C23H25NO5.C21H23NO3/c1-6-7-17-8-14(2)20(15(3)9-17)21-18(26)10-23(12-24(13-23)16(4)25)11-19(21)29-22(27)28-5;1-5-6-16-7-13(2)19(14(3)8-16)20-17(24)9-21(10-18(20)25)11-22(12-21)15(4)23/h8-9H,10-13H2,1-5H3;7-8,20H,9-12H2,1-4H3. The van der Waals surface area contributed by atoms with E-state index in [1.54, 1.807) is 23.6 Å². The number of methoxy groups -OCH3 is 1. The van der Waals surface area contributed by atoms with E-state index in [4.69, 9.17) is 4.74 Å². The van der Waals surface area contributed by atoms with Gasteiger partial charge in [-0.1, -0.05) is 11.8 Å². The van der Waals surface area contributed by atoms with Crippen LogP contribution in [0.2, 0.25) is 0 Å². The lowest BCUT2D eigenvalue weighted by molar-refractivity contribution is -0.153. The summed E-state index contributed by atoms with van der Waals surface area (Å²) in [5.41, 5.74) is 6.78. The van der Waals surface area contributed by atoms with Crippen molar-refractivity contribution in [2.24, 2.45) is 10.8 Å². The second-order valence-corrected chi connectivity index (χ2v) is 15.4. The van der Waals surface area contributed by atoms with Gasteiger partial charge in [-0.2, -0.15) is 0 Å². The van der Waals surface area contributed by atoms with Crippen molar-refractivity contribution in [3.8, 4) is 23.7 Å². The maximum Gasteiger partial charge on any atom is 0.513 e. The van der Waals surface area contributed by atoms with Crippen LogP contribution in [0.3, 0.4) is 0 Å². The molecule has 0 atom stereocenters. The van der Waals surface area contributed by atoms with Crippen molar-refractivity contribution in [2.75, 3.05) is 33.3 Å². The van der Waals surface area contributed by atoms with Gasteiger partial charge in [-0.25, -0.2) is 4.79 Å². The number of rotatable bonds is 3. The zero-order valence-corrected chi connectivity index (χ0v) is 32.7. The minimum atomic E-state index is -0.853. The molecular weight excluding hydrogens is 684 g/mol. The molecule has 2 heterocycles. The Morgan fingerprint density at radius 2 is 1.11 bits per heavy atom. The van der Waals surface area contributed by atoms with Crippen LogP contribution in [0.25, 0.3) is 5.57 Å². The largest absolute Gasteiger partial charge is 0.513 e. The van der Waals surface area contributed by atoms with E-state index >= 15 is 0 Å². The van der Waals surface area contributed by atoms with E-state index in [1.807, 2.05) is 52.0 Å². The summed E-state index contributed by atoms with van der Waals surface area (Å²) in [7, 11) is 1.23. The van der Waals surface area contributed by atoms with E-state index in [0.717, 1.165) is 44.5 Å². The predicted octanol–water partition coefficient (Wildman–Crippen LogP) is 5.92. The molecule has 2 aromatic rings. The van der Waals surface area contributed by atoms with Crippen molar-refractivity contribution in [3.63, 3.8) is 0 Å². The number of allylic oxidation sites excluding steroid dienone is 2. The van der Waals surface area contributed by atoms with Crippen LogP contribution in [0.5, 0.6) is 0 Å². The van der Waals surface area contributed by atoms with Crippen LogP contribution in [0.15, 0.2) is 30.0 Å². The van der Waals surface area contributed by atoms with Gasteiger partial charge in [0.2, 0.25) is 11.8 Å². The molecule has 0 aromatic heterocycles. The third-order valence-electron chi connectivity index (χ3n) is 10.9. The number of amides is 2. The summed E-state index contributed by atoms with van der Waals surface area (Å²) < 4.78 is 10.1. The summed E-state index contributed by atoms with van der Waals surface area (Å²) in [5.74, 6) is 11.4. The van der Waals surface area contributed by atoms with Crippen molar-refractivity contribution in [1.82, 2.24) is 9.80 Å². The highest BCUT2D eigenvalue weighted by atomic mass is 16.7. The Bertz CT molecular complexity index is 2060. The first-order valence-electron chi connectivity index (χ1n) is 18.1. The van der Waals surface area contributed by atoms with E-state index in [-0.39, 0.29) is 40.0 Å². The number of likely N-dealkylation sites (tertiary alicyclic amines) is 2. The summed E-state index contributed by atoms with van der Waals surface area (Å²) in [5, 5.41) is 0. The maximum absolute atomic E-state index is 13.3. The number of ketones is 3. The van der Waals surface area contributed by atoms with E-state index in [9.17, 15) is 28.8 Å². The van der Waals surface area contributed by atoms with Crippen LogP contribution >= 0.6 is 0 Å². The first-order valence-corrected chi connectivity index (χ1v) is 18.1. The Hall–Kier alpha value is -5.48. The molecular formula is C44H48N2O8. The second kappa shape index (κ2) is 15.5. The first-order chi connectivity index (χ1) is 25.5. The molecule has 10 nitrogen and oxygen atoms in total. The summed E-state index contributed by atoms with van der Waals surface area (Å²) in [6.07, 6.45) is 0.622. The van der Waals surface area contributed by atoms with Gasteiger partial charge in [0.1, 0.15) is 23.2 Å². The third kappa shape index (κ3) is 7.89. The van der Waals surface area contributed by atoms with Crippen LogP contribution in [0.1, 0.15) is 104 Å². The minimum Gasteiger partial charge on any atom is -0.437 e. The molecule has 0 radical (unpaired) electrons. The number of benzene rings is 2. The van der Waals surface area contributed by atoms with Gasteiger partial charge in [0, 0.05) is 87.7 Å². The van der Waals surface area contributed by atoms with E-state index in [2.05, 4.69) is 28.4 Å². The summed E-state index contributed by atoms with van der Waals surface area (Å²) >= 11 is 0. The Morgan fingerprint density at radius 1 is 0.685 bits per heavy atom. The molecule has 6 rings (SSSR count). The number of aryl methyl sites for hydroxylation is 4. The zero-order chi connectivity index (χ0) is 39.7. The van der Waals surface area contributed by atoms with Gasteiger partial charge < -0.3 is 19.3 Å². The summed E-state index contributed by atoms with van der Waals surface area (Å²) in [6.45, 7) is 16.3. The van der Waals surface area contributed by atoms with E-state index < -0.39 is 12.1 Å². The van der Waals surface area contributed by atoms with Crippen molar-refractivity contribution >= 4 is 40.9 Å². The average Bonchev–Trinajstić information content (AvgIpc) is 3.04. The molecule has 54 heavy (non-hydrogen) atoms. The molecule has 2 saturated heterocycles. The number of nitrogens with zero attached hydrogens (tertiary/aromatic N) is 2. The van der Waals surface area contributed by atoms with Gasteiger partial charge in [-0.3, -0.25) is 24.0 Å². The highest BCUT2D eigenvalue weighted by molar-refractivity contribution is 6.23. The molecule has 2 amide bonds. The number of Topliss-reactive ketones (excluding diaryl/α,β-unsaturated/α-hetero) is 3. The van der Waals surface area contributed by atoms with Crippen LogP contribution in [-0.4, -0.2) is 78.4 Å². The highest BCUT2D eigenvalue weighted by Gasteiger charge is 2.53. The van der Waals surface area contributed by atoms with Crippen molar-refractivity contribution < 1.29 is 38.2 Å². The second-order valence-electron chi connectivity index (χ2n) is 15.4. The number of ether oxygens (including phenoxy) is 2. The Morgan fingerprint density at radius 3 is 1.52 bits per heavy atom. The Balaban J connectivity index is 0.000000210. The topological polar surface area (TPSA) is 127 Å². The summed E-state index contributed by atoms with van der Waals surface area (Å²) in [4.78, 5) is 77.3. The lowest BCUT2D eigenvalue weighted by atomic mass is 9.63. The molecule has 1 saturated carbocycles. The van der Waals surface area contributed by atoms with Gasteiger partial charge in [0.05, 0.1) is 12.7 Å². The van der Waals surface area contributed by atoms with Gasteiger partial charge >= 0.3 is 6.16 Å². The van der Waals surface area contributed by atoms with Crippen molar-refractivity contribution in [2.45, 2.75) is 87.0 Å². The molecule has 0 unspecified atom stereocenters. The fourth-order valence-electron chi connectivity index (χ4n) is 8.73. The van der Waals surface area contributed by atoms with Crippen LogP contribution in [-0.2, 0) is 33.4 Å². The normalized spacial score (nSPS) is 18.4. The Kier molecular flexibility index (Phi) is 11.4. The zero-order valence-electron chi connectivity index (χ0n) is 32.7. The monoisotopic (exact) mass is 732 g/mol. The molecule has 0 N–H and O–H groups in total. The van der Waals surface area contributed by atoms with E-state index in [1.165, 1.54) is 21.0 Å². The Labute approximate surface area is 317 Å². The minimum absolute atomic E-state index is 0.00644. The SMILES string of the molecule is CC#Cc1cc(C)c(C2=C(OC(=O)OC)CC3(CC2=O)CN(C(C)=O)C3)c(C)c1.CC#Cc1cc(C)c(C2C(=O)CC3(CC2=O)CN(C(C)=O)C3)c(C)c1. The number of hydrogen-bond donors (Lipinski definition) is 0. The predicted molar refractivity (Wildman–Crippen MR) is 203 cm³/mol. The van der Waals surface area contributed by atoms with Crippen LogP contribution in [0.4, 0.5) is 4.79 Å². The quantitative estimate of drug-likeness (QED) is 0.216. The molecule has 2 aliphatic carbocycles. The lowest BCUT2D eigenvalue weighted by Gasteiger charge is -2.52. The lowest BCUT2D eigenvalue weighted by Crippen LogP contribution is -2.61. The molecule has 2 spiro atoms. The van der Waals surface area contributed by atoms with E-state index in [0.29, 0.717) is 63.2 Å². The van der Waals surface area contributed by atoms with Gasteiger partial charge in [0.15, 0.2) is 5.78 Å². The highest BCUT2D eigenvalue weighted by Crippen LogP contribution is 2.48. The van der Waals surface area contributed by atoms with Crippen LogP contribution in [0, 0.1) is 62.2 Å². The fourth-order valence-corrected chi connectivity index (χ4v) is 8.73. The van der Waals surface area contributed by atoms with Crippen LogP contribution < -0.4 is 0 Å². The van der Waals surface area contributed by atoms with Gasteiger partial charge in [-0.05, 0) is 99.2 Å².